The topological polar surface area (TPSA) is 103 Å². The van der Waals surface area contributed by atoms with Gasteiger partial charge in [0.05, 0.1) is 6.10 Å². The average molecular weight is 464 g/mol. The van der Waals surface area contributed by atoms with Crippen LogP contribution < -0.4 is 5.73 Å². The smallest absolute Gasteiger partial charge is 0.266 e. The fourth-order valence-corrected chi connectivity index (χ4v) is 3.49. The Morgan fingerprint density at radius 2 is 1.59 bits per heavy atom. The van der Waals surface area contributed by atoms with E-state index in [1.54, 1.807) is 18.3 Å². The number of carbonyl (C=O) groups is 1. The number of carbonyl (C=O) groups excluding carboxylic acids is 1. The number of rotatable bonds is 10. The van der Waals surface area contributed by atoms with E-state index in [0.717, 1.165) is 53.6 Å². The van der Waals surface area contributed by atoms with E-state index in [1.807, 2.05) is 36.4 Å². The Hall–Kier alpha value is -3.51. The Morgan fingerprint density at radius 3 is 2.06 bits per heavy atom. The molecule has 1 aromatic heterocycles. The molecule has 6 heteroatoms. The third kappa shape index (κ3) is 8.79. The first-order valence-corrected chi connectivity index (χ1v) is 11.6. The summed E-state index contributed by atoms with van der Waals surface area (Å²) in [5, 5.41) is 16.8. The Morgan fingerprint density at radius 1 is 1.03 bits per heavy atom. The van der Waals surface area contributed by atoms with Crippen LogP contribution in [0.25, 0.3) is 16.7 Å². The molecule has 0 aliphatic carbocycles. The van der Waals surface area contributed by atoms with E-state index < -0.39 is 5.91 Å². The molecule has 0 saturated heterocycles. The molecule has 0 aliphatic rings. The average Bonchev–Trinajstić information content (AvgIpc) is 3.35. The van der Waals surface area contributed by atoms with Gasteiger partial charge in [-0.05, 0) is 71.9 Å². The standard InChI is InChI=1S/C21H18FN3O.C7H16O/c22-18-9-7-16(8-10-18)15-5-3-14(4-6-15)12-17(13-19(23)21(24)26)20-2-1-11-25-20;1-3-5-7(8)6-4-2/h1-11,13,23,25H,12H2,(H2,24,26);7-8H,3-6H2,1-2H3/b17-13-,23-19?;. The molecule has 1 heterocycles. The maximum absolute atomic E-state index is 13.0. The largest absolute Gasteiger partial charge is 0.393 e. The number of amides is 1. The molecule has 5 N–H and O–H groups in total. The summed E-state index contributed by atoms with van der Waals surface area (Å²) in [7, 11) is 0. The Bertz CT molecular complexity index is 1050. The highest BCUT2D eigenvalue weighted by molar-refractivity contribution is 6.42. The normalized spacial score (nSPS) is 11.1. The summed E-state index contributed by atoms with van der Waals surface area (Å²) in [6.07, 6.45) is 7.91. The van der Waals surface area contributed by atoms with E-state index in [9.17, 15) is 9.18 Å². The number of hydrogen-bond acceptors (Lipinski definition) is 3. The molecule has 0 bridgehead atoms. The number of aliphatic hydroxyl groups is 1. The number of nitrogens with two attached hydrogens (primary N) is 1. The summed E-state index contributed by atoms with van der Waals surface area (Å²) in [6, 6.07) is 18.0. The number of aliphatic hydroxyl groups excluding tert-OH is 1. The van der Waals surface area contributed by atoms with Gasteiger partial charge in [-0.1, -0.05) is 63.1 Å². The summed E-state index contributed by atoms with van der Waals surface area (Å²) in [5.41, 5.74) is 9.52. The van der Waals surface area contributed by atoms with Gasteiger partial charge < -0.3 is 15.8 Å². The van der Waals surface area contributed by atoms with Crippen molar-refractivity contribution in [3.8, 4) is 11.1 Å². The van der Waals surface area contributed by atoms with Crippen LogP contribution >= 0.6 is 0 Å². The third-order valence-corrected chi connectivity index (χ3v) is 5.30. The number of nitrogens with one attached hydrogen (secondary N) is 2. The number of hydrogen-bond donors (Lipinski definition) is 4. The lowest BCUT2D eigenvalue weighted by Gasteiger charge is -2.08. The van der Waals surface area contributed by atoms with Crippen molar-refractivity contribution in [1.29, 1.82) is 5.41 Å². The lowest BCUT2D eigenvalue weighted by Crippen LogP contribution is -2.20. The van der Waals surface area contributed by atoms with E-state index >= 15 is 0 Å². The fourth-order valence-electron chi connectivity index (χ4n) is 3.49. The van der Waals surface area contributed by atoms with E-state index in [-0.39, 0.29) is 17.6 Å². The summed E-state index contributed by atoms with van der Waals surface area (Å²) >= 11 is 0. The van der Waals surface area contributed by atoms with Gasteiger partial charge in [0, 0.05) is 11.9 Å². The van der Waals surface area contributed by atoms with Crippen molar-refractivity contribution in [3.63, 3.8) is 0 Å². The van der Waals surface area contributed by atoms with Gasteiger partial charge in [0.2, 0.25) is 0 Å². The first-order chi connectivity index (χ1) is 16.3. The highest BCUT2D eigenvalue weighted by Gasteiger charge is 2.09. The lowest BCUT2D eigenvalue weighted by molar-refractivity contribution is -0.111. The van der Waals surface area contributed by atoms with Crippen molar-refractivity contribution in [2.24, 2.45) is 5.73 Å². The predicted octanol–water partition coefficient (Wildman–Crippen LogP) is 5.90. The molecule has 0 aliphatic heterocycles. The van der Waals surface area contributed by atoms with Crippen molar-refractivity contribution in [3.05, 3.63) is 90.0 Å². The number of halogens is 1. The van der Waals surface area contributed by atoms with Gasteiger partial charge >= 0.3 is 0 Å². The molecule has 34 heavy (non-hydrogen) atoms. The number of benzene rings is 2. The minimum atomic E-state index is -0.763. The zero-order chi connectivity index (χ0) is 24.9. The predicted molar refractivity (Wildman–Crippen MR) is 137 cm³/mol. The van der Waals surface area contributed by atoms with Crippen LogP contribution in [-0.4, -0.2) is 27.8 Å². The number of primary amides is 1. The molecule has 0 fully saturated rings. The van der Waals surface area contributed by atoms with Gasteiger partial charge in [0.25, 0.3) is 5.91 Å². The van der Waals surface area contributed by atoms with Crippen LogP contribution in [0.3, 0.4) is 0 Å². The molecule has 1 amide bonds. The van der Waals surface area contributed by atoms with Crippen molar-refractivity contribution in [2.75, 3.05) is 0 Å². The minimum Gasteiger partial charge on any atom is -0.393 e. The Kier molecular flexibility index (Phi) is 10.9. The zero-order valence-corrected chi connectivity index (χ0v) is 19.9. The summed E-state index contributed by atoms with van der Waals surface area (Å²) in [6.45, 7) is 4.19. The molecule has 3 aromatic rings. The van der Waals surface area contributed by atoms with Crippen LogP contribution in [0.5, 0.6) is 0 Å². The summed E-state index contributed by atoms with van der Waals surface area (Å²) < 4.78 is 13.0. The first kappa shape index (κ1) is 26.7. The lowest BCUT2D eigenvalue weighted by atomic mass is 9.98. The molecule has 2 aromatic carbocycles. The Labute approximate surface area is 201 Å². The first-order valence-electron chi connectivity index (χ1n) is 11.6. The molecule has 5 nitrogen and oxygen atoms in total. The van der Waals surface area contributed by atoms with Gasteiger partial charge in [0.1, 0.15) is 11.5 Å². The van der Waals surface area contributed by atoms with Crippen molar-refractivity contribution >= 4 is 17.2 Å². The van der Waals surface area contributed by atoms with Crippen molar-refractivity contribution < 1.29 is 14.3 Å². The summed E-state index contributed by atoms with van der Waals surface area (Å²) in [5.74, 6) is -1.02. The van der Waals surface area contributed by atoms with Gasteiger partial charge in [-0.3, -0.25) is 10.2 Å². The van der Waals surface area contributed by atoms with Crippen LogP contribution in [0, 0.1) is 11.2 Å². The monoisotopic (exact) mass is 463 g/mol. The maximum atomic E-state index is 13.0. The molecule has 3 rings (SSSR count). The zero-order valence-electron chi connectivity index (χ0n) is 19.9. The number of aromatic nitrogens is 1. The van der Waals surface area contributed by atoms with Gasteiger partial charge in [-0.15, -0.1) is 0 Å². The fraction of sp³-hybridized carbons (Fsp3) is 0.286. The van der Waals surface area contributed by atoms with E-state index in [1.165, 1.54) is 18.2 Å². The van der Waals surface area contributed by atoms with Crippen molar-refractivity contribution in [2.45, 2.75) is 52.1 Å². The molecular weight excluding hydrogens is 429 g/mol. The Balaban J connectivity index is 0.000000440. The number of allylic oxidation sites excluding steroid dienone is 1. The highest BCUT2D eigenvalue weighted by Crippen LogP contribution is 2.23. The molecule has 0 spiro atoms. The van der Waals surface area contributed by atoms with E-state index in [4.69, 9.17) is 16.2 Å². The molecule has 0 saturated carbocycles. The number of H-pyrrole nitrogens is 1. The van der Waals surface area contributed by atoms with E-state index in [0.29, 0.717) is 6.42 Å². The molecular formula is C28H34FN3O2. The minimum absolute atomic E-state index is 0.0370. The third-order valence-electron chi connectivity index (χ3n) is 5.30. The molecule has 0 atom stereocenters. The van der Waals surface area contributed by atoms with Crippen LogP contribution in [0.2, 0.25) is 0 Å². The second-order valence-corrected chi connectivity index (χ2v) is 8.14. The number of aromatic amines is 1. The molecule has 0 unspecified atom stereocenters. The SMILES string of the molecule is CCCC(O)CCC.N=C(/C=C(/Cc1ccc(-c2ccc(F)cc2)cc1)c1ccc[nH]1)C(N)=O. The summed E-state index contributed by atoms with van der Waals surface area (Å²) in [4.78, 5) is 14.3. The second-order valence-electron chi connectivity index (χ2n) is 8.14. The van der Waals surface area contributed by atoms with Crippen LogP contribution in [-0.2, 0) is 11.2 Å². The van der Waals surface area contributed by atoms with Crippen LogP contribution in [0.1, 0.15) is 50.8 Å². The highest BCUT2D eigenvalue weighted by atomic mass is 19.1. The van der Waals surface area contributed by atoms with Crippen LogP contribution in [0.15, 0.2) is 72.9 Å². The van der Waals surface area contributed by atoms with Gasteiger partial charge in [-0.2, -0.15) is 0 Å². The second kappa shape index (κ2) is 13.9. The quantitative estimate of drug-likeness (QED) is 0.281. The maximum Gasteiger partial charge on any atom is 0.266 e. The van der Waals surface area contributed by atoms with Gasteiger partial charge in [-0.25, -0.2) is 4.39 Å². The van der Waals surface area contributed by atoms with Gasteiger partial charge in [0.15, 0.2) is 0 Å². The van der Waals surface area contributed by atoms with E-state index in [2.05, 4.69) is 18.8 Å². The molecule has 180 valence electrons. The molecule has 0 radical (unpaired) electrons. The van der Waals surface area contributed by atoms with Crippen LogP contribution in [0.4, 0.5) is 4.39 Å². The van der Waals surface area contributed by atoms with Crippen molar-refractivity contribution in [1.82, 2.24) is 4.98 Å².